The molecule has 17 heavy (non-hydrogen) atoms. The minimum atomic E-state index is -1.05. The summed E-state index contributed by atoms with van der Waals surface area (Å²) in [7, 11) is -1.05. The van der Waals surface area contributed by atoms with E-state index in [4.69, 9.17) is 11.6 Å². The van der Waals surface area contributed by atoms with Gasteiger partial charge in [0.1, 0.15) is 5.03 Å². The lowest BCUT2D eigenvalue weighted by molar-refractivity contribution is 0.405. The smallest absolute Gasteiger partial charge is 0.151 e. The van der Waals surface area contributed by atoms with Crippen molar-refractivity contribution in [3.05, 3.63) is 17.3 Å². The van der Waals surface area contributed by atoms with Gasteiger partial charge in [-0.3, -0.25) is 4.21 Å². The van der Waals surface area contributed by atoms with Crippen molar-refractivity contribution in [2.24, 2.45) is 5.92 Å². The van der Waals surface area contributed by atoms with E-state index in [9.17, 15) is 4.21 Å². The van der Waals surface area contributed by atoms with Gasteiger partial charge in [0.15, 0.2) is 5.15 Å². The lowest BCUT2D eigenvalue weighted by Crippen LogP contribution is -2.30. The third-order valence-corrected chi connectivity index (χ3v) is 4.35. The fraction of sp³-hybridized carbons (Fsp3) is 0.600. The van der Waals surface area contributed by atoms with E-state index in [1.165, 1.54) is 0 Å². The molecule has 7 heteroatoms. The number of halogens is 2. The third kappa shape index (κ3) is 4.50. The van der Waals surface area contributed by atoms with Crippen molar-refractivity contribution >= 4 is 34.8 Å². The quantitative estimate of drug-likeness (QED) is 0.921. The molecule has 4 nitrogen and oxygen atoms in total. The second-order valence-electron chi connectivity index (χ2n) is 3.90. The number of nitrogens with zero attached hydrogens (tertiary/aromatic N) is 2. The van der Waals surface area contributed by atoms with E-state index in [-0.39, 0.29) is 12.4 Å². The van der Waals surface area contributed by atoms with Crippen molar-refractivity contribution in [1.29, 1.82) is 0 Å². The molecule has 1 aromatic rings. The summed E-state index contributed by atoms with van der Waals surface area (Å²) in [5, 5.41) is 11.7. The van der Waals surface area contributed by atoms with Crippen molar-refractivity contribution in [3.63, 3.8) is 0 Å². The minimum absolute atomic E-state index is 0. The fourth-order valence-electron chi connectivity index (χ4n) is 1.77. The Bertz CT molecular complexity index is 368. The summed E-state index contributed by atoms with van der Waals surface area (Å²) in [5.41, 5.74) is 0. The zero-order valence-electron chi connectivity index (χ0n) is 9.26. The summed E-state index contributed by atoms with van der Waals surface area (Å²) in [5.74, 6) is 1.21. The first-order valence-corrected chi connectivity index (χ1v) is 7.04. The van der Waals surface area contributed by atoms with Crippen LogP contribution in [0.2, 0.25) is 5.15 Å². The van der Waals surface area contributed by atoms with E-state index in [1.807, 2.05) is 0 Å². The monoisotopic (exact) mass is 295 g/mol. The fourth-order valence-corrected chi connectivity index (χ4v) is 3.16. The van der Waals surface area contributed by atoms with Crippen LogP contribution in [0.4, 0.5) is 0 Å². The molecule has 0 spiro atoms. The molecule has 1 aliphatic rings. The van der Waals surface area contributed by atoms with Crippen LogP contribution < -0.4 is 5.32 Å². The predicted molar refractivity (Wildman–Crippen MR) is 71.2 cm³/mol. The molecule has 1 unspecified atom stereocenters. The zero-order chi connectivity index (χ0) is 11.4. The van der Waals surface area contributed by atoms with E-state index in [0.29, 0.717) is 21.8 Å². The van der Waals surface area contributed by atoms with Crippen LogP contribution in [0, 0.1) is 5.92 Å². The molecular weight excluding hydrogens is 281 g/mol. The standard InChI is InChI=1S/C10H14ClN3OS.ClH/c11-9-1-2-10(14-13-9)16(15)7-8-3-5-12-6-4-8;/h1-2,8,12H,3-7H2;1H. The maximum Gasteiger partial charge on any atom is 0.151 e. The highest BCUT2D eigenvalue weighted by molar-refractivity contribution is 7.84. The molecule has 1 atom stereocenters. The Balaban J connectivity index is 0.00000144. The maximum absolute atomic E-state index is 12.0. The number of nitrogens with one attached hydrogen (secondary N) is 1. The molecule has 1 N–H and O–H groups in total. The Labute approximate surface area is 114 Å². The first kappa shape index (κ1) is 14.8. The molecule has 1 fully saturated rings. The van der Waals surface area contributed by atoms with Crippen LogP contribution in [0.5, 0.6) is 0 Å². The molecule has 96 valence electrons. The molecule has 1 aromatic heterocycles. The molecule has 0 amide bonds. The van der Waals surface area contributed by atoms with E-state index < -0.39 is 10.8 Å². The van der Waals surface area contributed by atoms with Gasteiger partial charge >= 0.3 is 0 Å². The predicted octanol–water partition coefficient (Wildman–Crippen LogP) is 1.66. The molecule has 0 saturated carbocycles. The SMILES string of the molecule is Cl.O=S(CC1CCNCC1)c1ccc(Cl)nn1. The number of aromatic nitrogens is 2. The van der Waals surface area contributed by atoms with E-state index in [2.05, 4.69) is 15.5 Å². The average Bonchev–Trinajstić information content (AvgIpc) is 2.31. The van der Waals surface area contributed by atoms with Crippen LogP contribution in [0.15, 0.2) is 17.2 Å². The summed E-state index contributed by atoms with van der Waals surface area (Å²) in [4.78, 5) is 0. The van der Waals surface area contributed by atoms with Crippen LogP contribution in [-0.2, 0) is 10.8 Å². The van der Waals surface area contributed by atoms with Crippen LogP contribution in [0.3, 0.4) is 0 Å². The summed E-state index contributed by atoms with van der Waals surface area (Å²) in [6.45, 7) is 2.04. The first-order chi connectivity index (χ1) is 7.75. The average molecular weight is 296 g/mol. The summed E-state index contributed by atoms with van der Waals surface area (Å²) in [6.07, 6.45) is 2.18. The number of rotatable bonds is 3. The molecular formula is C10H15Cl2N3OS. The lowest BCUT2D eigenvalue weighted by atomic mass is 10.0. The largest absolute Gasteiger partial charge is 0.317 e. The van der Waals surface area contributed by atoms with Gasteiger partial charge in [-0.05, 0) is 44.0 Å². The zero-order valence-corrected chi connectivity index (χ0v) is 11.7. The van der Waals surface area contributed by atoms with E-state index >= 15 is 0 Å². The lowest BCUT2D eigenvalue weighted by Gasteiger charge is -2.21. The highest BCUT2D eigenvalue weighted by atomic mass is 35.5. The molecule has 0 aliphatic carbocycles. The van der Waals surface area contributed by atoms with Crippen molar-refractivity contribution in [2.75, 3.05) is 18.8 Å². The number of piperidine rings is 1. The normalized spacial score (nSPS) is 18.4. The topological polar surface area (TPSA) is 54.9 Å². The van der Waals surface area contributed by atoms with Crippen LogP contribution in [0.25, 0.3) is 0 Å². The Kier molecular flexibility index (Phi) is 6.33. The first-order valence-electron chi connectivity index (χ1n) is 5.34. The van der Waals surface area contributed by atoms with Gasteiger partial charge in [0.2, 0.25) is 0 Å². The molecule has 1 saturated heterocycles. The Morgan fingerprint density at radius 1 is 1.35 bits per heavy atom. The van der Waals surface area contributed by atoms with Crippen molar-refractivity contribution in [3.8, 4) is 0 Å². The van der Waals surface area contributed by atoms with E-state index in [1.54, 1.807) is 12.1 Å². The van der Waals surface area contributed by atoms with Crippen molar-refractivity contribution in [1.82, 2.24) is 15.5 Å². The molecule has 0 aromatic carbocycles. The van der Waals surface area contributed by atoms with Crippen LogP contribution in [-0.4, -0.2) is 33.2 Å². The molecule has 1 aliphatic heterocycles. The highest BCUT2D eigenvalue weighted by Crippen LogP contribution is 2.16. The minimum Gasteiger partial charge on any atom is -0.317 e. The maximum atomic E-state index is 12.0. The van der Waals surface area contributed by atoms with Crippen molar-refractivity contribution < 1.29 is 4.21 Å². The summed E-state index contributed by atoms with van der Waals surface area (Å²) in [6, 6.07) is 3.32. The summed E-state index contributed by atoms with van der Waals surface area (Å²) >= 11 is 5.63. The second kappa shape index (κ2) is 7.26. The Morgan fingerprint density at radius 2 is 2.06 bits per heavy atom. The Hall–Kier alpha value is -0.230. The highest BCUT2D eigenvalue weighted by Gasteiger charge is 2.17. The van der Waals surface area contributed by atoms with Gasteiger partial charge in [-0.2, -0.15) is 0 Å². The number of hydrogen-bond acceptors (Lipinski definition) is 4. The number of hydrogen-bond donors (Lipinski definition) is 1. The van der Waals surface area contributed by atoms with Gasteiger partial charge in [0.05, 0.1) is 10.8 Å². The van der Waals surface area contributed by atoms with Crippen LogP contribution >= 0.6 is 24.0 Å². The third-order valence-electron chi connectivity index (χ3n) is 2.69. The van der Waals surface area contributed by atoms with Gasteiger partial charge in [-0.25, -0.2) is 0 Å². The van der Waals surface area contributed by atoms with Gasteiger partial charge in [-0.15, -0.1) is 22.6 Å². The van der Waals surface area contributed by atoms with E-state index in [0.717, 1.165) is 25.9 Å². The summed E-state index contributed by atoms with van der Waals surface area (Å²) < 4.78 is 12.0. The van der Waals surface area contributed by atoms with Crippen LogP contribution in [0.1, 0.15) is 12.8 Å². The molecule has 2 heterocycles. The molecule has 0 bridgehead atoms. The van der Waals surface area contributed by atoms with Crippen molar-refractivity contribution in [2.45, 2.75) is 17.9 Å². The Morgan fingerprint density at radius 3 is 2.65 bits per heavy atom. The van der Waals surface area contributed by atoms with Gasteiger partial charge < -0.3 is 5.32 Å². The van der Waals surface area contributed by atoms with Gasteiger partial charge in [0.25, 0.3) is 0 Å². The van der Waals surface area contributed by atoms with Gasteiger partial charge in [0, 0.05) is 5.75 Å². The molecule has 2 rings (SSSR count). The van der Waals surface area contributed by atoms with Gasteiger partial charge in [-0.1, -0.05) is 11.6 Å². The molecule has 0 radical (unpaired) electrons. The second-order valence-corrected chi connectivity index (χ2v) is 5.73.